The highest BCUT2D eigenvalue weighted by Gasteiger charge is 2.18. The van der Waals surface area contributed by atoms with Gasteiger partial charge in [-0.05, 0) is 35.9 Å². The molecule has 0 unspecified atom stereocenters. The van der Waals surface area contributed by atoms with Gasteiger partial charge < -0.3 is 19.9 Å². The Hall–Kier alpha value is -3.79. The van der Waals surface area contributed by atoms with Gasteiger partial charge >= 0.3 is 0 Å². The Morgan fingerprint density at radius 3 is 2.07 bits per heavy atom. The van der Waals surface area contributed by atoms with Crippen molar-refractivity contribution in [1.82, 2.24) is 9.97 Å². The predicted octanol–water partition coefficient (Wildman–Crippen LogP) is 3.29. The maximum Gasteiger partial charge on any atom is 0.203 e. The SMILES string of the molecule is COc1cc(-c2cc(-c3ccncc3)nc(N)c2C#N)cc(OC)c1OC. The first-order valence-corrected chi connectivity index (χ1v) is 8.04. The second kappa shape index (κ2) is 7.62. The van der Waals surface area contributed by atoms with Gasteiger partial charge in [-0.3, -0.25) is 4.98 Å². The largest absolute Gasteiger partial charge is 0.493 e. The average molecular weight is 362 g/mol. The molecule has 0 radical (unpaired) electrons. The predicted molar refractivity (Wildman–Crippen MR) is 102 cm³/mol. The second-order valence-electron chi connectivity index (χ2n) is 5.58. The summed E-state index contributed by atoms with van der Waals surface area (Å²) in [6, 6.07) is 11.1. The Morgan fingerprint density at radius 2 is 1.56 bits per heavy atom. The van der Waals surface area contributed by atoms with Gasteiger partial charge in [0.1, 0.15) is 17.5 Å². The summed E-state index contributed by atoms with van der Waals surface area (Å²) < 4.78 is 16.2. The molecule has 0 spiro atoms. The van der Waals surface area contributed by atoms with Crippen LogP contribution in [0.15, 0.2) is 42.7 Å². The summed E-state index contributed by atoms with van der Waals surface area (Å²) in [5.74, 6) is 1.59. The van der Waals surface area contributed by atoms with Crippen LogP contribution >= 0.6 is 0 Å². The van der Waals surface area contributed by atoms with Gasteiger partial charge in [-0.2, -0.15) is 5.26 Å². The zero-order valence-corrected chi connectivity index (χ0v) is 15.2. The maximum absolute atomic E-state index is 9.61. The molecule has 0 bridgehead atoms. The summed E-state index contributed by atoms with van der Waals surface area (Å²) in [7, 11) is 4.61. The van der Waals surface area contributed by atoms with Gasteiger partial charge in [0.2, 0.25) is 5.75 Å². The van der Waals surface area contributed by atoms with Crippen molar-refractivity contribution in [3.05, 3.63) is 48.3 Å². The lowest BCUT2D eigenvalue weighted by atomic mass is 9.98. The molecular weight excluding hydrogens is 344 g/mol. The summed E-state index contributed by atoms with van der Waals surface area (Å²) in [5, 5.41) is 9.61. The number of benzene rings is 1. The fourth-order valence-corrected chi connectivity index (χ4v) is 2.82. The molecule has 0 saturated heterocycles. The van der Waals surface area contributed by atoms with Gasteiger partial charge in [-0.1, -0.05) is 0 Å². The molecule has 27 heavy (non-hydrogen) atoms. The van der Waals surface area contributed by atoms with E-state index in [0.29, 0.717) is 34.1 Å². The standard InChI is InChI=1S/C20H18N4O3/c1-25-17-8-13(9-18(26-2)19(17)27-3)14-10-16(12-4-6-23-7-5-12)24-20(22)15(14)11-21/h4-10H,1-3H3,(H2,22,24). The van der Waals surface area contributed by atoms with E-state index in [-0.39, 0.29) is 11.4 Å². The van der Waals surface area contributed by atoms with Crippen LogP contribution in [0.25, 0.3) is 22.4 Å². The molecule has 3 rings (SSSR count). The summed E-state index contributed by atoms with van der Waals surface area (Å²) in [6.07, 6.45) is 3.34. The zero-order valence-electron chi connectivity index (χ0n) is 15.2. The van der Waals surface area contributed by atoms with Crippen LogP contribution in [0.3, 0.4) is 0 Å². The molecule has 0 aliphatic carbocycles. The van der Waals surface area contributed by atoms with Crippen LogP contribution in [0.5, 0.6) is 17.2 Å². The van der Waals surface area contributed by atoms with E-state index in [2.05, 4.69) is 16.0 Å². The molecule has 0 saturated carbocycles. The molecule has 1 aromatic carbocycles. The van der Waals surface area contributed by atoms with Crippen molar-refractivity contribution in [2.75, 3.05) is 27.1 Å². The topological polar surface area (TPSA) is 103 Å². The molecule has 2 aromatic heterocycles. The third-order valence-electron chi connectivity index (χ3n) is 4.11. The maximum atomic E-state index is 9.61. The molecule has 2 N–H and O–H groups in total. The minimum atomic E-state index is 0.149. The van der Waals surface area contributed by atoms with Crippen molar-refractivity contribution in [2.24, 2.45) is 0 Å². The van der Waals surface area contributed by atoms with Crippen LogP contribution in [-0.4, -0.2) is 31.3 Å². The number of ether oxygens (including phenoxy) is 3. The normalized spacial score (nSPS) is 10.1. The summed E-state index contributed by atoms with van der Waals surface area (Å²) in [5.41, 5.74) is 9.15. The monoisotopic (exact) mass is 362 g/mol. The number of nitrogen functional groups attached to an aromatic ring is 1. The number of rotatable bonds is 5. The van der Waals surface area contributed by atoms with E-state index in [9.17, 15) is 5.26 Å². The first kappa shape index (κ1) is 18.0. The van der Waals surface area contributed by atoms with Crippen LogP contribution in [-0.2, 0) is 0 Å². The lowest BCUT2D eigenvalue weighted by Gasteiger charge is -2.16. The van der Waals surface area contributed by atoms with Crippen LogP contribution < -0.4 is 19.9 Å². The molecule has 0 atom stereocenters. The number of nitriles is 1. The van der Waals surface area contributed by atoms with Crippen molar-refractivity contribution in [3.8, 4) is 45.7 Å². The highest BCUT2D eigenvalue weighted by Crippen LogP contribution is 2.42. The average Bonchev–Trinajstić information content (AvgIpc) is 2.72. The second-order valence-corrected chi connectivity index (χ2v) is 5.58. The molecular formula is C20H18N4O3. The number of pyridine rings is 2. The van der Waals surface area contributed by atoms with E-state index in [1.807, 2.05) is 18.2 Å². The number of hydrogen-bond donors (Lipinski definition) is 1. The highest BCUT2D eigenvalue weighted by molar-refractivity contribution is 5.82. The Morgan fingerprint density at radius 1 is 0.926 bits per heavy atom. The number of nitrogens with zero attached hydrogens (tertiary/aromatic N) is 3. The summed E-state index contributed by atoms with van der Waals surface area (Å²) >= 11 is 0. The lowest BCUT2D eigenvalue weighted by Crippen LogP contribution is -2.01. The molecule has 0 amide bonds. The van der Waals surface area contributed by atoms with E-state index in [4.69, 9.17) is 19.9 Å². The van der Waals surface area contributed by atoms with Crippen LogP contribution in [0, 0.1) is 11.3 Å². The molecule has 2 heterocycles. The van der Waals surface area contributed by atoms with E-state index >= 15 is 0 Å². The summed E-state index contributed by atoms with van der Waals surface area (Å²) in [6.45, 7) is 0. The third kappa shape index (κ3) is 3.33. The smallest absolute Gasteiger partial charge is 0.203 e. The van der Waals surface area contributed by atoms with Gasteiger partial charge in [0, 0.05) is 23.5 Å². The minimum Gasteiger partial charge on any atom is -0.493 e. The summed E-state index contributed by atoms with van der Waals surface area (Å²) in [4.78, 5) is 8.37. The molecule has 0 aliphatic rings. The highest BCUT2D eigenvalue weighted by atomic mass is 16.5. The van der Waals surface area contributed by atoms with Crippen molar-refractivity contribution in [1.29, 1.82) is 5.26 Å². The van der Waals surface area contributed by atoms with Gasteiger partial charge in [-0.25, -0.2) is 4.98 Å². The minimum absolute atomic E-state index is 0.149. The first-order valence-electron chi connectivity index (χ1n) is 8.04. The van der Waals surface area contributed by atoms with Crippen LogP contribution in [0.2, 0.25) is 0 Å². The Labute approximate surface area is 157 Å². The number of methoxy groups -OCH3 is 3. The third-order valence-corrected chi connectivity index (χ3v) is 4.11. The van der Waals surface area contributed by atoms with Gasteiger partial charge in [-0.15, -0.1) is 0 Å². The van der Waals surface area contributed by atoms with Crippen molar-refractivity contribution in [2.45, 2.75) is 0 Å². The fourth-order valence-electron chi connectivity index (χ4n) is 2.82. The number of aromatic nitrogens is 2. The van der Waals surface area contributed by atoms with E-state index < -0.39 is 0 Å². The molecule has 0 fully saturated rings. The van der Waals surface area contributed by atoms with Gasteiger partial charge in [0.05, 0.1) is 27.0 Å². The molecule has 136 valence electrons. The zero-order chi connectivity index (χ0) is 19.4. The Kier molecular flexibility index (Phi) is 5.08. The number of hydrogen-bond acceptors (Lipinski definition) is 7. The van der Waals surface area contributed by atoms with Crippen molar-refractivity contribution >= 4 is 5.82 Å². The van der Waals surface area contributed by atoms with Crippen LogP contribution in [0.1, 0.15) is 5.56 Å². The lowest BCUT2D eigenvalue weighted by molar-refractivity contribution is 0.324. The van der Waals surface area contributed by atoms with Crippen LogP contribution in [0.4, 0.5) is 5.82 Å². The van der Waals surface area contributed by atoms with Crippen molar-refractivity contribution < 1.29 is 14.2 Å². The number of anilines is 1. The molecule has 7 nitrogen and oxygen atoms in total. The molecule has 0 aliphatic heterocycles. The Balaban J connectivity index is 2.28. The fraction of sp³-hybridized carbons (Fsp3) is 0.150. The van der Waals surface area contributed by atoms with E-state index in [1.165, 1.54) is 21.3 Å². The van der Waals surface area contributed by atoms with E-state index in [0.717, 1.165) is 5.56 Å². The first-order chi connectivity index (χ1) is 13.1. The van der Waals surface area contributed by atoms with E-state index in [1.54, 1.807) is 24.5 Å². The quantitative estimate of drug-likeness (QED) is 0.743. The van der Waals surface area contributed by atoms with Crippen molar-refractivity contribution in [3.63, 3.8) is 0 Å². The molecule has 3 aromatic rings. The van der Waals surface area contributed by atoms with Gasteiger partial charge in [0.15, 0.2) is 11.5 Å². The van der Waals surface area contributed by atoms with Gasteiger partial charge in [0.25, 0.3) is 0 Å². The molecule has 7 heteroatoms. The Bertz CT molecular complexity index is 989. The number of nitrogens with two attached hydrogens (primary N) is 1.